The topological polar surface area (TPSA) is 127 Å². The third kappa shape index (κ3) is 8.37. The molecule has 2 N–H and O–H groups in total. The molecule has 11 heteroatoms. The first-order chi connectivity index (χ1) is 19.4. The van der Waals surface area contributed by atoms with E-state index in [1.165, 1.54) is 4.31 Å². The second kappa shape index (κ2) is 14.1. The number of hydrogen-bond donors (Lipinski definition) is 2. The third-order valence-corrected chi connectivity index (χ3v) is 9.27. The lowest BCUT2D eigenvalue weighted by molar-refractivity contribution is -0.155. The molecule has 224 valence electrons. The Labute approximate surface area is 243 Å². The largest absolute Gasteiger partial charge is 0.344 e. The molecule has 0 aliphatic carbocycles. The molecule has 0 bridgehead atoms. The van der Waals surface area contributed by atoms with Crippen molar-refractivity contribution in [3.63, 3.8) is 0 Å². The van der Waals surface area contributed by atoms with Crippen molar-refractivity contribution >= 4 is 28.2 Å². The number of nitrogens with one attached hydrogen (secondary N) is 1. The van der Waals surface area contributed by atoms with E-state index in [1.54, 1.807) is 29.2 Å². The van der Waals surface area contributed by atoms with Gasteiger partial charge < -0.3 is 10.2 Å². The molecule has 41 heavy (non-hydrogen) atoms. The number of sulfonamides is 1. The lowest BCUT2D eigenvalue weighted by Gasteiger charge is -2.39. The fourth-order valence-corrected chi connectivity index (χ4v) is 6.29. The summed E-state index contributed by atoms with van der Waals surface area (Å²) < 4.78 is 28.1. The van der Waals surface area contributed by atoms with Crippen LogP contribution in [0.5, 0.6) is 0 Å². The van der Waals surface area contributed by atoms with Crippen molar-refractivity contribution in [3.8, 4) is 11.1 Å². The quantitative estimate of drug-likeness (QED) is 0.223. The highest BCUT2D eigenvalue weighted by Gasteiger charge is 2.39. The number of hydrogen-bond acceptors (Lipinski definition) is 6. The first kappa shape index (κ1) is 32.2. The van der Waals surface area contributed by atoms with Gasteiger partial charge in [0.15, 0.2) is 0 Å². The van der Waals surface area contributed by atoms with Gasteiger partial charge in [-0.25, -0.2) is 13.5 Å². The van der Waals surface area contributed by atoms with Gasteiger partial charge in [-0.05, 0) is 35.1 Å². The monoisotopic (exact) mass is 586 g/mol. The number of hydroxylamine groups is 2. The number of rotatable bonds is 12. The van der Waals surface area contributed by atoms with E-state index in [9.17, 15) is 28.0 Å². The molecule has 1 fully saturated rings. The fraction of sp³-hybridized carbons (Fsp3) is 0.500. The average Bonchev–Trinajstić information content (AvgIpc) is 2.97. The Morgan fingerprint density at radius 1 is 1.00 bits per heavy atom. The van der Waals surface area contributed by atoms with Crippen LogP contribution in [0.1, 0.15) is 47.0 Å². The van der Waals surface area contributed by atoms with Crippen molar-refractivity contribution in [1.82, 2.24) is 19.6 Å². The Kier molecular flexibility index (Phi) is 11.1. The van der Waals surface area contributed by atoms with Gasteiger partial charge in [0, 0.05) is 26.2 Å². The highest BCUT2D eigenvalue weighted by Crippen LogP contribution is 2.26. The van der Waals surface area contributed by atoms with Gasteiger partial charge >= 0.3 is 0 Å². The lowest BCUT2D eigenvalue weighted by atomic mass is 9.85. The van der Waals surface area contributed by atoms with Gasteiger partial charge in [-0.15, -0.1) is 0 Å². The van der Waals surface area contributed by atoms with E-state index in [1.807, 2.05) is 58.0 Å². The maximum absolute atomic E-state index is 13.6. The van der Waals surface area contributed by atoms with Crippen molar-refractivity contribution in [2.75, 3.05) is 32.7 Å². The van der Waals surface area contributed by atoms with Crippen molar-refractivity contribution in [2.45, 2.75) is 57.9 Å². The number of carbonyl (C=O) groups is 3. The molecule has 0 radical (unpaired) electrons. The molecule has 1 aliphatic heterocycles. The molecule has 0 spiro atoms. The summed E-state index contributed by atoms with van der Waals surface area (Å²) in [5, 5.41) is 13.0. The Bertz CT molecular complexity index is 1270. The predicted molar refractivity (Wildman–Crippen MR) is 156 cm³/mol. The maximum Gasteiger partial charge on any atom is 0.245 e. The number of benzene rings is 2. The molecule has 10 nitrogen and oxygen atoms in total. The smallest absolute Gasteiger partial charge is 0.245 e. The molecule has 0 unspecified atom stereocenters. The summed E-state index contributed by atoms with van der Waals surface area (Å²) in [7, 11) is -3.74. The van der Waals surface area contributed by atoms with Crippen LogP contribution in [0.3, 0.4) is 0 Å². The molecular formula is C30H42N4O6S. The second-order valence-corrected chi connectivity index (χ2v) is 13.4. The number of piperazine rings is 1. The Hall–Kier alpha value is -3.28. The molecule has 0 aromatic heterocycles. The molecule has 3 rings (SSSR count). The normalized spacial score (nSPS) is 16.1. The van der Waals surface area contributed by atoms with Gasteiger partial charge in [0.2, 0.25) is 28.2 Å². The summed E-state index contributed by atoms with van der Waals surface area (Å²) >= 11 is 0. The van der Waals surface area contributed by atoms with Crippen LogP contribution < -0.4 is 5.32 Å². The zero-order valence-electron chi connectivity index (χ0n) is 24.3. The summed E-state index contributed by atoms with van der Waals surface area (Å²) in [5.41, 5.74) is 1.29. The van der Waals surface area contributed by atoms with Crippen molar-refractivity contribution in [2.24, 2.45) is 11.3 Å². The van der Waals surface area contributed by atoms with E-state index in [-0.39, 0.29) is 49.9 Å². The van der Waals surface area contributed by atoms with E-state index in [0.29, 0.717) is 11.5 Å². The van der Waals surface area contributed by atoms with Crippen LogP contribution in [0.15, 0.2) is 59.5 Å². The summed E-state index contributed by atoms with van der Waals surface area (Å²) in [6.45, 7) is 8.01. The summed E-state index contributed by atoms with van der Waals surface area (Å²) in [4.78, 5) is 39.5. The molecule has 2 aromatic rings. The number of carbonyl (C=O) groups excluding carboxylic acids is 3. The van der Waals surface area contributed by atoms with Gasteiger partial charge in [-0.2, -0.15) is 4.31 Å². The van der Waals surface area contributed by atoms with E-state index >= 15 is 0 Å². The van der Waals surface area contributed by atoms with E-state index in [0.717, 1.165) is 24.0 Å². The number of unbranched alkanes of at least 4 members (excludes halogenated alkanes) is 1. The lowest BCUT2D eigenvalue weighted by Crippen LogP contribution is -2.59. The molecule has 1 aliphatic rings. The highest BCUT2D eigenvalue weighted by molar-refractivity contribution is 7.89. The molecular weight excluding hydrogens is 544 g/mol. The van der Waals surface area contributed by atoms with Gasteiger partial charge in [0.05, 0.1) is 17.4 Å². The molecule has 2 atom stereocenters. The first-order valence-corrected chi connectivity index (χ1v) is 15.5. The Morgan fingerprint density at radius 2 is 1.59 bits per heavy atom. The summed E-state index contributed by atoms with van der Waals surface area (Å²) in [5.74, 6) is -1.37. The van der Waals surface area contributed by atoms with Crippen LogP contribution >= 0.6 is 0 Å². The Morgan fingerprint density at radius 3 is 2.12 bits per heavy atom. The second-order valence-electron chi connectivity index (χ2n) is 11.5. The van der Waals surface area contributed by atoms with E-state index in [2.05, 4.69) is 5.32 Å². The van der Waals surface area contributed by atoms with Crippen LogP contribution in [0, 0.1) is 11.3 Å². The average molecular weight is 587 g/mol. The van der Waals surface area contributed by atoms with Crippen LogP contribution in [-0.2, 0) is 24.4 Å². The number of nitrogens with zero attached hydrogens (tertiary/aromatic N) is 3. The maximum atomic E-state index is 13.6. The van der Waals surface area contributed by atoms with E-state index < -0.39 is 33.3 Å². The minimum atomic E-state index is -3.74. The van der Waals surface area contributed by atoms with Crippen LogP contribution in [-0.4, -0.2) is 84.9 Å². The molecule has 2 aromatic carbocycles. The minimum Gasteiger partial charge on any atom is -0.344 e. The summed E-state index contributed by atoms with van der Waals surface area (Å²) in [6.07, 6.45) is 2.28. The fourth-order valence-electron chi connectivity index (χ4n) is 4.86. The first-order valence-electron chi connectivity index (χ1n) is 14.0. The zero-order valence-corrected chi connectivity index (χ0v) is 25.1. The highest BCUT2D eigenvalue weighted by atomic mass is 32.2. The van der Waals surface area contributed by atoms with Gasteiger partial charge in [0.1, 0.15) is 6.04 Å². The van der Waals surface area contributed by atoms with Gasteiger partial charge in [-0.3, -0.25) is 19.6 Å². The zero-order chi connectivity index (χ0) is 30.2. The molecule has 1 saturated heterocycles. The molecule has 3 amide bonds. The summed E-state index contributed by atoms with van der Waals surface area (Å²) in [6, 6.07) is 15.6. The van der Waals surface area contributed by atoms with Crippen LogP contribution in [0.2, 0.25) is 0 Å². The molecule has 0 saturated carbocycles. The van der Waals surface area contributed by atoms with Crippen LogP contribution in [0.25, 0.3) is 11.1 Å². The SMILES string of the molecule is CCCC[C@H](CN(O)C=O)C(=O)N[C@H](C(=O)N1CCN(S(=O)(=O)c2ccc(-c3ccccc3)cc2)CC1)C(C)(C)C. The third-order valence-electron chi connectivity index (χ3n) is 7.36. The predicted octanol–water partition coefficient (Wildman–Crippen LogP) is 3.37. The van der Waals surface area contributed by atoms with Crippen molar-refractivity contribution in [1.29, 1.82) is 0 Å². The van der Waals surface area contributed by atoms with Crippen molar-refractivity contribution < 1.29 is 28.0 Å². The van der Waals surface area contributed by atoms with E-state index in [4.69, 9.17) is 0 Å². The van der Waals surface area contributed by atoms with Gasteiger partial charge in [-0.1, -0.05) is 83.0 Å². The number of amides is 3. The molecule has 1 heterocycles. The van der Waals surface area contributed by atoms with Crippen LogP contribution in [0.4, 0.5) is 0 Å². The standard InChI is InChI=1S/C30H42N4O6S/c1-5-6-10-25(21-33(38)22-35)28(36)31-27(30(2,3)4)29(37)32-17-19-34(20-18-32)41(39,40)26-15-13-24(14-16-26)23-11-8-7-9-12-23/h7-9,11-16,22,25,27,38H,5-6,10,17-21H2,1-4H3,(H,31,36)/t25-,27-/m1/s1. The van der Waals surface area contributed by atoms with Crippen molar-refractivity contribution in [3.05, 3.63) is 54.6 Å². The minimum absolute atomic E-state index is 0.136. The van der Waals surface area contributed by atoms with Gasteiger partial charge in [0.25, 0.3) is 0 Å². The Balaban J connectivity index is 1.67.